The van der Waals surface area contributed by atoms with E-state index >= 15 is 0 Å². The van der Waals surface area contributed by atoms with Crippen LogP contribution in [0.5, 0.6) is 0 Å². The number of aliphatic imine (C=N–C) groups is 1. The van der Waals surface area contributed by atoms with Crippen LogP contribution in [0, 0.1) is 11.6 Å². The second-order valence-corrected chi connectivity index (χ2v) is 9.18. The van der Waals surface area contributed by atoms with Crippen molar-refractivity contribution >= 4 is 27.6 Å². The first-order valence-corrected chi connectivity index (χ1v) is 11.5. The molecule has 1 aliphatic heterocycles. The van der Waals surface area contributed by atoms with E-state index in [0.717, 1.165) is 12.1 Å². The number of anilines is 1. The smallest absolute Gasteiger partial charge is 0.266 e. The molecule has 1 heterocycles. The van der Waals surface area contributed by atoms with Gasteiger partial charge in [-0.15, -0.1) is 0 Å². The molecule has 7 nitrogen and oxygen atoms in total. The summed E-state index contributed by atoms with van der Waals surface area (Å²) < 4.78 is 57.3. The number of carbonyl (C=O) groups excluding carboxylic acids is 1. The van der Waals surface area contributed by atoms with Crippen LogP contribution in [0.1, 0.15) is 39.9 Å². The Balaban J connectivity index is 1.72. The fraction of sp³-hybridized carbons (Fsp3) is 0.130. The Morgan fingerprint density at radius 2 is 1.73 bits per heavy atom. The highest BCUT2D eigenvalue weighted by molar-refractivity contribution is 7.90. The number of guanidine groups is 1. The lowest BCUT2D eigenvalue weighted by atomic mass is 9.91. The number of carbonyl (C=O) groups is 1. The molecule has 33 heavy (non-hydrogen) atoms. The molecule has 4 rings (SSSR count). The number of primary amides is 1. The topological polar surface area (TPSA) is 114 Å². The molecule has 3 aromatic carbocycles. The number of halogens is 2. The van der Waals surface area contributed by atoms with E-state index in [1.54, 1.807) is 25.1 Å². The zero-order chi connectivity index (χ0) is 23.8. The van der Waals surface area contributed by atoms with Crippen molar-refractivity contribution in [3.05, 3.63) is 94.6 Å². The predicted octanol–water partition coefficient (Wildman–Crippen LogP) is 3.48. The Hall–Kier alpha value is -3.79. The summed E-state index contributed by atoms with van der Waals surface area (Å²) in [6.07, 6.45) is 0. The second kappa shape index (κ2) is 8.62. The molecule has 0 fully saturated rings. The van der Waals surface area contributed by atoms with Gasteiger partial charge in [0.05, 0.1) is 12.2 Å². The highest BCUT2D eigenvalue weighted by Gasteiger charge is 2.32. The molecule has 0 saturated carbocycles. The van der Waals surface area contributed by atoms with Gasteiger partial charge >= 0.3 is 0 Å². The first-order chi connectivity index (χ1) is 15.7. The largest absolute Gasteiger partial charge is 0.366 e. The minimum absolute atomic E-state index is 0.00679. The maximum atomic E-state index is 14.9. The van der Waals surface area contributed by atoms with Gasteiger partial charge in [-0.2, -0.15) is 0 Å². The third kappa shape index (κ3) is 4.42. The molecule has 1 aliphatic rings. The Kier molecular flexibility index (Phi) is 5.86. The van der Waals surface area contributed by atoms with Crippen LogP contribution in [-0.2, 0) is 16.6 Å². The van der Waals surface area contributed by atoms with Gasteiger partial charge in [0.1, 0.15) is 16.5 Å². The van der Waals surface area contributed by atoms with Crippen LogP contribution in [0.25, 0.3) is 0 Å². The van der Waals surface area contributed by atoms with E-state index in [1.165, 1.54) is 30.3 Å². The van der Waals surface area contributed by atoms with E-state index in [1.807, 2.05) is 0 Å². The third-order valence-corrected chi connectivity index (χ3v) is 6.76. The summed E-state index contributed by atoms with van der Waals surface area (Å²) >= 11 is 0. The SMILES string of the molecule is CC(c1ccccc1F)c1c(F)ccc2c1NC(=NCc1ccc(C(N)=O)cc1)NS2(=O)=O. The Bertz CT molecular complexity index is 1370. The van der Waals surface area contributed by atoms with E-state index in [2.05, 4.69) is 15.0 Å². The number of hydrogen-bond acceptors (Lipinski definition) is 4. The van der Waals surface area contributed by atoms with Crippen molar-refractivity contribution < 1.29 is 22.0 Å². The van der Waals surface area contributed by atoms with Crippen molar-refractivity contribution in [2.45, 2.75) is 24.3 Å². The van der Waals surface area contributed by atoms with Crippen molar-refractivity contribution in [2.24, 2.45) is 10.7 Å². The Morgan fingerprint density at radius 3 is 2.39 bits per heavy atom. The molecule has 10 heteroatoms. The molecular weight excluding hydrogens is 450 g/mol. The fourth-order valence-electron chi connectivity index (χ4n) is 3.67. The minimum Gasteiger partial charge on any atom is -0.366 e. The Morgan fingerprint density at radius 1 is 1.03 bits per heavy atom. The number of hydrogen-bond donors (Lipinski definition) is 3. The van der Waals surface area contributed by atoms with Crippen molar-refractivity contribution in [1.29, 1.82) is 0 Å². The maximum absolute atomic E-state index is 14.9. The number of amides is 1. The molecule has 170 valence electrons. The predicted molar refractivity (Wildman–Crippen MR) is 120 cm³/mol. The van der Waals surface area contributed by atoms with E-state index in [0.29, 0.717) is 11.1 Å². The lowest BCUT2D eigenvalue weighted by molar-refractivity contribution is 0.1000. The summed E-state index contributed by atoms with van der Waals surface area (Å²) in [7, 11) is -4.04. The number of sulfonamides is 1. The van der Waals surface area contributed by atoms with Gasteiger partial charge in [0.25, 0.3) is 10.0 Å². The van der Waals surface area contributed by atoms with E-state index in [9.17, 15) is 22.0 Å². The van der Waals surface area contributed by atoms with Gasteiger partial charge in [-0.25, -0.2) is 26.9 Å². The first-order valence-electron chi connectivity index (χ1n) is 9.97. The number of rotatable bonds is 5. The zero-order valence-corrected chi connectivity index (χ0v) is 18.3. The van der Waals surface area contributed by atoms with Gasteiger partial charge in [0.15, 0.2) is 0 Å². The first kappa shape index (κ1) is 22.4. The fourth-order valence-corrected chi connectivity index (χ4v) is 4.83. The molecule has 0 radical (unpaired) electrons. The summed E-state index contributed by atoms with van der Waals surface area (Å²) in [6.45, 7) is 1.68. The van der Waals surface area contributed by atoms with Crippen molar-refractivity contribution in [3.8, 4) is 0 Å². The average Bonchev–Trinajstić information content (AvgIpc) is 2.77. The van der Waals surface area contributed by atoms with Gasteiger partial charge < -0.3 is 11.1 Å². The number of benzene rings is 3. The summed E-state index contributed by atoms with van der Waals surface area (Å²) in [4.78, 5) is 15.3. The summed E-state index contributed by atoms with van der Waals surface area (Å²) in [6, 6.07) is 14.5. The quantitative estimate of drug-likeness (QED) is 0.530. The van der Waals surface area contributed by atoms with Crippen molar-refractivity contribution in [1.82, 2.24) is 4.72 Å². The number of fused-ring (bicyclic) bond motifs is 1. The number of nitrogens with zero attached hydrogens (tertiary/aromatic N) is 1. The number of nitrogens with two attached hydrogens (primary N) is 1. The van der Waals surface area contributed by atoms with Gasteiger partial charge in [-0.05, 0) is 41.5 Å². The minimum atomic E-state index is -4.04. The van der Waals surface area contributed by atoms with E-state index in [4.69, 9.17) is 5.73 Å². The molecular formula is C23H20F2N4O3S. The van der Waals surface area contributed by atoms with E-state index in [-0.39, 0.29) is 34.2 Å². The normalized spacial score (nSPS) is 16.4. The molecule has 0 saturated heterocycles. The molecule has 1 atom stereocenters. The standard InChI is InChI=1S/C23H20F2N4O3S/c1-13(16-4-2-3-5-17(16)24)20-18(25)10-11-19-21(20)28-23(29-33(19,31)32)27-12-14-6-8-15(9-7-14)22(26)30/h2-11,13H,12H2,1H3,(H2,26,30)(H2,27,28,29). The molecule has 0 spiro atoms. The average molecular weight is 471 g/mol. The van der Waals surface area contributed by atoms with E-state index < -0.39 is 33.5 Å². The van der Waals surface area contributed by atoms with Gasteiger partial charge in [-0.3, -0.25) is 4.79 Å². The van der Waals surface area contributed by atoms with Gasteiger partial charge in [-0.1, -0.05) is 37.3 Å². The van der Waals surface area contributed by atoms with Crippen LogP contribution >= 0.6 is 0 Å². The van der Waals surface area contributed by atoms with Crippen LogP contribution < -0.4 is 15.8 Å². The zero-order valence-electron chi connectivity index (χ0n) is 17.5. The maximum Gasteiger partial charge on any atom is 0.266 e. The van der Waals surface area contributed by atoms with Gasteiger partial charge in [0, 0.05) is 17.0 Å². The molecule has 3 aromatic rings. The van der Waals surface area contributed by atoms with Gasteiger partial charge in [0.2, 0.25) is 11.9 Å². The Labute approximate surface area is 189 Å². The summed E-state index contributed by atoms with van der Waals surface area (Å²) in [5.74, 6) is -2.63. The molecule has 4 N–H and O–H groups in total. The monoisotopic (exact) mass is 470 g/mol. The summed E-state index contributed by atoms with van der Waals surface area (Å²) in [5, 5.41) is 2.86. The van der Waals surface area contributed by atoms with Crippen LogP contribution in [-0.4, -0.2) is 20.3 Å². The lowest BCUT2D eigenvalue weighted by Gasteiger charge is -2.26. The molecule has 0 aromatic heterocycles. The third-order valence-electron chi connectivity index (χ3n) is 5.38. The molecule has 0 aliphatic carbocycles. The second-order valence-electron chi connectivity index (χ2n) is 7.53. The highest BCUT2D eigenvalue weighted by atomic mass is 32.2. The molecule has 1 amide bonds. The highest BCUT2D eigenvalue weighted by Crippen LogP contribution is 2.38. The van der Waals surface area contributed by atoms with Crippen LogP contribution in [0.15, 0.2) is 70.6 Å². The van der Waals surface area contributed by atoms with Crippen molar-refractivity contribution in [3.63, 3.8) is 0 Å². The molecule has 0 bridgehead atoms. The molecule has 1 unspecified atom stereocenters. The summed E-state index contributed by atoms with van der Waals surface area (Å²) in [5.41, 5.74) is 6.50. The lowest BCUT2D eigenvalue weighted by Crippen LogP contribution is -2.41. The van der Waals surface area contributed by atoms with Crippen LogP contribution in [0.2, 0.25) is 0 Å². The number of nitrogens with one attached hydrogen (secondary N) is 2. The van der Waals surface area contributed by atoms with Crippen LogP contribution in [0.4, 0.5) is 14.5 Å². The van der Waals surface area contributed by atoms with Crippen LogP contribution in [0.3, 0.4) is 0 Å². The van der Waals surface area contributed by atoms with Crippen molar-refractivity contribution in [2.75, 3.05) is 5.32 Å².